The number of anilines is 1. The zero-order chi connectivity index (χ0) is 19.3. The van der Waals surface area contributed by atoms with E-state index in [1.54, 1.807) is 6.07 Å². The van der Waals surface area contributed by atoms with Crippen molar-refractivity contribution in [3.05, 3.63) is 78.6 Å². The van der Waals surface area contributed by atoms with Crippen LogP contribution in [0.15, 0.2) is 73.1 Å². The van der Waals surface area contributed by atoms with Gasteiger partial charge in [-0.15, -0.1) is 0 Å². The minimum Gasteiger partial charge on any atom is -0.344 e. The van der Waals surface area contributed by atoms with Crippen LogP contribution >= 0.6 is 0 Å². The average molecular weight is 371 g/mol. The molecule has 4 aromatic rings. The van der Waals surface area contributed by atoms with E-state index in [2.05, 4.69) is 25.8 Å². The van der Waals surface area contributed by atoms with Crippen molar-refractivity contribution in [3.63, 3.8) is 0 Å². The predicted octanol–water partition coefficient (Wildman–Crippen LogP) is 2.88. The Bertz CT molecular complexity index is 1140. The molecule has 3 N–H and O–H groups in total. The first-order chi connectivity index (χ1) is 13.7. The number of hydrogen-bond acceptors (Lipinski definition) is 4. The molecule has 4 rings (SSSR count). The Hall–Kier alpha value is -4.00. The Balaban J connectivity index is 1.38. The molecule has 0 aliphatic heterocycles. The van der Waals surface area contributed by atoms with Crippen molar-refractivity contribution in [2.24, 2.45) is 0 Å². The van der Waals surface area contributed by atoms with Gasteiger partial charge in [-0.25, -0.2) is 4.98 Å². The highest BCUT2D eigenvalue weighted by atomic mass is 16.2. The predicted molar refractivity (Wildman–Crippen MR) is 106 cm³/mol. The van der Waals surface area contributed by atoms with Crippen LogP contribution in [0.2, 0.25) is 0 Å². The molecule has 0 atom stereocenters. The Morgan fingerprint density at radius 3 is 2.57 bits per heavy atom. The van der Waals surface area contributed by atoms with Gasteiger partial charge < -0.3 is 10.6 Å². The lowest BCUT2D eigenvalue weighted by Gasteiger charge is -2.08. The normalized spacial score (nSPS) is 10.6. The lowest BCUT2D eigenvalue weighted by atomic mass is 10.1. The number of nitrogens with zero attached hydrogens (tertiary/aromatic N) is 2. The number of hydrogen-bond donors (Lipinski definition) is 3. The quantitative estimate of drug-likeness (QED) is 0.480. The summed E-state index contributed by atoms with van der Waals surface area (Å²) in [5.74, 6) is -0.762. The maximum atomic E-state index is 12.2. The maximum absolute atomic E-state index is 12.2. The third-order valence-electron chi connectivity index (χ3n) is 4.28. The summed E-state index contributed by atoms with van der Waals surface area (Å²) in [6.45, 7) is 0.228. The van der Waals surface area contributed by atoms with E-state index in [4.69, 9.17) is 0 Å². The number of rotatable bonds is 4. The van der Waals surface area contributed by atoms with Crippen LogP contribution in [0.1, 0.15) is 5.56 Å². The van der Waals surface area contributed by atoms with Gasteiger partial charge in [0.25, 0.3) is 0 Å². The van der Waals surface area contributed by atoms with Crippen LogP contribution < -0.4 is 10.6 Å². The smallest absolute Gasteiger partial charge is 0.313 e. The molecule has 0 fully saturated rings. The van der Waals surface area contributed by atoms with Crippen LogP contribution in [-0.4, -0.2) is 27.0 Å². The molecular weight excluding hydrogens is 354 g/mol. The van der Waals surface area contributed by atoms with Gasteiger partial charge in [-0.1, -0.05) is 48.5 Å². The van der Waals surface area contributed by atoms with E-state index in [1.165, 1.54) is 6.33 Å². The lowest BCUT2D eigenvalue weighted by molar-refractivity contribution is -0.136. The van der Waals surface area contributed by atoms with Gasteiger partial charge in [-0.05, 0) is 34.5 Å². The number of amides is 2. The summed E-state index contributed by atoms with van der Waals surface area (Å²) in [5, 5.41) is 13.9. The summed E-state index contributed by atoms with van der Waals surface area (Å²) in [6.07, 6.45) is 1.43. The zero-order valence-corrected chi connectivity index (χ0v) is 14.8. The molecule has 28 heavy (non-hydrogen) atoms. The summed E-state index contributed by atoms with van der Waals surface area (Å²) < 4.78 is 0. The van der Waals surface area contributed by atoms with Gasteiger partial charge in [-0.2, -0.15) is 5.10 Å². The van der Waals surface area contributed by atoms with Crippen LogP contribution in [-0.2, 0) is 16.1 Å². The fraction of sp³-hybridized carbons (Fsp3) is 0.0476. The van der Waals surface area contributed by atoms with Gasteiger partial charge >= 0.3 is 11.8 Å². The lowest BCUT2D eigenvalue weighted by Crippen LogP contribution is -2.34. The first-order valence-corrected chi connectivity index (χ1v) is 8.72. The van der Waals surface area contributed by atoms with Crippen LogP contribution in [0.4, 0.5) is 5.69 Å². The number of benzene rings is 3. The van der Waals surface area contributed by atoms with E-state index in [0.717, 1.165) is 21.9 Å². The third-order valence-corrected chi connectivity index (χ3v) is 4.28. The van der Waals surface area contributed by atoms with Gasteiger partial charge in [0.1, 0.15) is 6.33 Å². The average Bonchev–Trinajstić information content (AvgIpc) is 3.27. The second-order valence-corrected chi connectivity index (χ2v) is 6.23. The van der Waals surface area contributed by atoms with Gasteiger partial charge in [0.05, 0.1) is 0 Å². The van der Waals surface area contributed by atoms with Crippen LogP contribution in [0.25, 0.3) is 22.2 Å². The largest absolute Gasteiger partial charge is 0.344 e. The molecule has 0 unspecified atom stereocenters. The second-order valence-electron chi connectivity index (χ2n) is 6.23. The molecule has 138 valence electrons. The molecule has 0 radical (unpaired) electrons. The van der Waals surface area contributed by atoms with Crippen molar-refractivity contribution in [3.8, 4) is 11.4 Å². The number of fused-ring (bicyclic) bond motifs is 1. The standard InChI is InChI=1S/C21H17N5O2/c27-20(21(28)25-18-9-8-15-5-1-2-6-16(15)11-18)22-12-14-4-3-7-17(10-14)19-23-13-24-26-19/h1-11,13H,12H2,(H,22,27)(H,25,28)(H,23,24,26). The third kappa shape index (κ3) is 3.88. The highest BCUT2D eigenvalue weighted by Gasteiger charge is 2.14. The summed E-state index contributed by atoms with van der Waals surface area (Å²) in [7, 11) is 0. The van der Waals surface area contributed by atoms with Crippen molar-refractivity contribution >= 4 is 28.3 Å². The Kier molecular flexibility index (Phi) is 4.79. The van der Waals surface area contributed by atoms with E-state index in [-0.39, 0.29) is 6.54 Å². The fourth-order valence-corrected chi connectivity index (χ4v) is 2.89. The SMILES string of the molecule is O=C(NCc1cccc(-c2ncn[nH]2)c1)C(=O)Nc1ccc2ccccc2c1. The zero-order valence-electron chi connectivity index (χ0n) is 14.8. The number of aromatic amines is 1. The monoisotopic (exact) mass is 371 g/mol. The summed E-state index contributed by atoms with van der Waals surface area (Å²) in [6, 6.07) is 20.8. The molecule has 0 aliphatic carbocycles. The van der Waals surface area contributed by atoms with Gasteiger partial charge in [0, 0.05) is 17.8 Å². The van der Waals surface area contributed by atoms with Crippen LogP contribution in [0, 0.1) is 0 Å². The molecule has 0 aliphatic rings. The van der Waals surface area contributed by atoms with E-state index in [1.807, 2.05) is 60.7 Å². The molecule has 0 saturated carbocycles. The Morgan fingerprint density at radius 1 is 0.893 bits per heavy atom. The molecule has 1 aromatic heterocycles. The number of H-pyrrole nitrogens is 1. The summed E-state index contributed by atoms with van der Waals surface area (Å²) in [5.41, 5.74) is 2.27. The van der Waals surface area contributed by atoms with Gasteiger partial charge in [0.15, 0.2) is 5.82 Å². The molecule has 0 bridgehead atoms. The fourth-order valence-electron chi connectivity index (χ4n) is 2.89. The molecule has 7 nitrogen and oxygen atoms in total. The molecule has 0 saturated heterocycles. The molecule has 2 amide bonds. The van der Waals surface area contributed by atoms with Gasteiger partial charge in [-0.3, -0.25) is 14.7 Å². The minimum atomic E-state index is -0.707. The van der Waals surface area contributed by atoms with E-state index >= 15 is 0 Å². The summed E-state index contributed by atoms with van der Waals surface area (Å²) >= 11 is 0. The van der Waals surface area contributed by atoms with E-state index in [0.29, 0.717) is 11.5 Å². The number of carbonyl (C=O) groups is 2. The molecule has 7 heteroatoms. The Morgan fingerprint density at radius 2 is 1.75 bits per heavy atom. The van der Waals surface area contributed by atoms with Crippen molar-refractivity contribution in [1.82, 2.24) is 20.5 Å². The van der Waals surface area contributed by atoms with E-state index < -0.39 is 11.8 Å². The van der Waals surface area contributed by atoms with Crippen LogP contribution in [0.3, 0.4) is 0 Å². The molecule has 0 spiro atoms. The highest BCUT2D eigenvalue weighted by Crippen LogP contribution is 2.19. The molecule has 3 aromatic carbocycles. The molecular formula is C21H17N5O2. The second kappa shape index (κ2) is 7.71. The van der Waals surface area contributed by atoms with Gasteiger partial charge in [0.2, 0.25) is 0 Å². The summed E-state index contributed by atoms with van der Waals surface area (Å²) in [4.78, 5) is 28.4. The first-order valence-electron chi connectivity index (χ1n) is 8.72. The maximum Gasteiger partial charge on any atom is 0.313 e. The van der Waals surface area contributed by atoms with Crippen molar-refractivity contribution in [2.75, 3.05) is 5.32 Å². The topological polar surface area (TPSA) is 99.8 Å². The first kappa shape index (κ1) is 17.4. The Labute approximate surface area is 160 Å². The molecule has 1 heterocycles. The minimum absolute atomic E-state index is 0.228. The number of aromatic nitrogens is 3. The highest BCUT2D eigenvalue weighted by molar-refractivity contribution is 6.39. The van der Waals surface area contributed by atoms with E-state index in [9.17, 15) is 9.59 Å². The number of carbonyl (C=O) groups excluding carboxylic acids is 2. The van der Waals surface area contributed by atoms with Crippen molar-refractivity contribution in [2.45, 2.75) is 6.54 Å². The number of nitrogens with one attached hydrogen (secondary N) is 3. The van der Waals surface area contributed by atoms with Crippen molar-refractivity contribution in [1.29, 1.82) is 0 Å². The van der Waals surface area contributed by atoms with Crippen LogP contribution in [0.5, 0.6) is 0 Å². The van der Waals surface area contributed by atoms with Crippen molar-refractivity contribution < 1.29 is 9.59 Å².